The van der Waals surface area contributed by atoms with E-state index in [0.29, 0.717) is 24.3 Å². The highest BCUT2D eigenvalue weighted by Crippen LogP contribution is 2.25. The monoisotopic (exact) mass is 344 g/mol. The van der Waals surface area contributed by atoms with Crippen LogP contribution in [0.4, 0.5) is 0 Å². The lowest BCUT2D eigenvalue weighted by Gasteiger charge is -2.41. The molecule has 4 heteroatoms. The van der Waals surface area contributed by atoms with Crippen LogP contribution in [0.25, 0.3) is 0 Å². The molecule has 2 aliphatic rings. The van der Waals surface area contributed by atoms with E-state index in [9.17, 15) is 4.79 Å². The van der Waals surface area contributed by atoms with Crippen LogP contribution in [0.3, 0.4) is 0 Å². The van der Waals surface area contributed by atoms with Crippen LogP contribution in [-0.2, 0) is 16.0 Å². The molecule has 0 bridgehead atoms. The van der Waals surface area contributed by atoms with Gasteiger partial charge >= 0.3 is 0 Å². The summed E-state index contributed by atoms with van der Waals surface area (Å²) < 4.78 is 5.46. The Bertz CT molecular complexity index is 520. The highest BCUT2D eigenvalue weighted by atomic mass is 16.5. The van der Waals surface area contributed by atoms with Gasteiger partial charge in [0.25, 0.3) is 0 Å². The van der Waals surface area contributed by atoms with E-state index in [1.807, 2.05) is 6.07 Å². The van der Waals surface area contributed by atoms with Crippen LogP contribution in [0.15, 0.2) is 30.3 Å². The van der Waals surface area contributed by atoms with Gasteiger partial charge in [-0.15, -0.1) is 0 Å². The van der Waals surface area contributed by atoms with E-state index in [4.69, 9.17) is 4.74 Å². The molecule has 1 amide bonds. The fourth-order valence-corrected chi connectivity index (χ4v) is 4.16. The molecule has 2 fully saturated rings. The van der Waals surface area contributed by atoms with Gasteiger partial charge in [0.15, 0.2) is 0 Å². The van der Waals surface area contributed by atoms with Crippen molar-refractivity contribution in [2.45, 2.75) is 45.1 Å². The van der Waals surface area contributed by atoms with Crippen molar-refractivity contribution in [3.63, 3.8) is 0 Å². The summed E-state index contributed by atoms with van der Waals surface area (Å²) in [4.78, 5) is 17.1. The Hall–Kier alpha value is -1.39. The van der Waals surface area contributed by atoms with Crippen molar-refractivity contribution in [2.24, 2.45) is 5.92 Å². The van der Waals surface area contributed by atoms with Crippen molar-refractivity contribution < 1.29 is 9.53 Å². The van der Waals surface area contributed by atoms with Crippen molar-refractivity contribution in [1.82, 2.24) is 9.80 Å². The molecular formula is C21H32N2O2. The summed E-state index contributed by atoms with van der Waals surface area (Å²) in [6.07, 6.45) is 4.91. The zero-order valence-electron chi connectivity index (χ0n) is 15.5. The maximum Gasteiger partial charge on any atom is 0.222 e. The summed E-state index contributed by atoms with van der Waals surface area (Å²) >= 11 is 0. The van der Waals surface area contributed by atoms with Gasteiger partial charge in [0, 0.05) is 38.6 Å². The van der Waals surface area contributed by atoms with Gasteiger partial charge in [-0.25, -0.2) is 0 Å². The molecule has 0 spiro atoms. The number of ether oxygens (including phenoxy) is 1. The number of piperidine rings is 1. The summed E-state index contributed by atoms with van der Waals surface area (Å²) in [6, 6.07) is 11.1. The molecule has 0 radical (unpaired) electrons. The minimum Gasteiger partial charge on any atom is -0.379 e. The maximum atomic E-state index is 12.5. The third-order valence-electron chi connectivity index (χ3n) is 5.90. The number of nitrogens with zero attached hydrogens (tertiary/aromatic N) is 2. The second kappa shape index (κ2) is 9.35. The Balaban J connectivity index is 1.37. The normalized spacial score (nSPS) is 21.2. The molecule has 0 N–H and O–H groups in total. The van der Waals surface area contributed by atoms with Gasteiger partial charge in [-0.1, -0.05) is 30.3 Å². The molecule has 2 heterocycles. The van der Waals surface area contributed by atoms with Crippen LogP contribution in [0.1, 0.15) is 38.2 Å². The number of likely N-dealkylation sites (tertiary alicyclic amines) is 1. The third kappa shape index (κ3) is 5.29. The first-order chi connectivity index (χ1) is 12.2. The number of morpholine rings is 1. The van der Waals surface area contributed by atoms with Crippen molar-refractivity contribution in [2.75, 3.05) is 39.4 Å². The predicted octanol–water partition coefficient (Wildman–Crippen LogP) is 2.97. The van der Waals surface area contributed by atoms with Crippen molar-refractivity contribution >= 4 is 5.91 Å². The molecule has 1 aromatic carbocycles. The quantitative estimate of drug-likeness (QED) is 0.795. The number of hydrogen-bond donors (Lipinski definition) is 0. The van der Waals surface area contributed by atoms with Crippen LogP contribution in [0.5, 0.6) is 0 Å². The number of carbonyl (C=O) groups excluding carboxylic acids is 1. The maximum absolute atomic E-state index is 12.5. The molecule has 2 saturated heterocycles. The van der Waals surface area contributed by atoms with Gasteiger partial charge in [0.05, 0.1) is 13.2 Å². The SMILES string of the molecule is C[C@H](C1CCN(C(=O)CCCc2ccccc2)CC1)N1CCOCC1. The summed E-state index contributed by atoms with van der Waals surface area (Å²) in [6.45, 7) is 8.06. The zero-order chi connectivity index (χ0) is 17.5. The first-order valence-electron chi connectivity index (χ1n) is 9.87. The van der Waals surface area contributed by atoms with Gasteiger partial charge in [0.2, 0.25) is 5.91 Å². The standard InChI is InChI=1S/C21H32N2O2/c1-18(22-14-16-25-17-15-22)20-10-12-23(13-11-20)21(24)9-5-8-19-6-3-2-4-7-19/h2-4,6-7,18,20H,5,8-17H2,1H3/t18-/m1/s1. The number of hydrogen-bond acceptors (Lipinski definition) is 3. The summed E-state index contributed by atoms with van der Waals surface area (Å²) in [7, 11) is 0. The Labute approximate surface area is 152 Å². The molecule has 1 aromatic rings. The fourth-order valence-electron chi connectivity index (χ4n) is 4.16. The lowest BCUT2D eigenvalue weighted by atomic mass is 9.89. The lowest BCUT2D eigenvalue weighted by molar-refractivity contribution is -0.133. The van der Waals surface area contributed by atoms with Crippen molar-refractivity contribution in [3.8, 4) is 0 Å². The van der Waals surface area contributed by atoms with E-state index in [1.165, 1.54) is 5.56 Å². The van der Waals surface area contributed by atoms with E-state index in [2.05, 4.69) is 41.0 Å². The number of benzene rings is 1. The van der Waals surface area contributed by atoms with Crippen LogP contribution in [0, 0.1) is 5.92 Å². The van der Waals surface area contributed by atoms with Crippen LogP contribution in [0.2, 0.25) is 0 Å². The molecule has 0 unspecified atom stereocenters. The Morgan fingerprint density at radius 3 is 2.48 bits per heavy atom. The van der Waals surface area contributed by atoms with E-state index < -0.39 is 0 Å². The van der Waals surface area contributed by atoms with Gasteiger partial charge in [-0.2, -0.15) is 0 Å². The Morgan fingerprint density at radius 1 is 1.12 bits per heavy atom. The summed E-state index contributed by atoms with van der Waals surface area (Å²) in [5.74, 6) is 1.06. The van der Waals surface area contributed by atoms with Crippen LogP contribution in [-0.4, -0.2) is 61.1 Å². The smallest absolute Gasteiger partial charge is 0.222 e. The van der Waals surface area contributed by atoms with Gasteiger partial charge in [0.1, 0.15) is 0 Å². The third-order valence-corrected chi connectivity index (χ3v) is 5.90. The van der Waals surface area contributed by atoms with Crippen LogP contribution >= 0.6 is 0 Å². The largest absolute Gasteiger partial charge is 0.379 e. The first kappa shape index (κ1) is 18.4. The van der Waals surface area contributed by atoms with Gasteiger partial charge in [-0.05, 0) is 44.1 Å². The average molecular weight is 344 g/mol. The van der Waals surface area contributed by atoms with Crippen LogP contribution < -0.4 is 0 Å². The fraction of sp³-hybridized carbons (Fsp3) is 0.667. The molecule has 0 aromatic heterocycles. The molecule has 0 aliphatic carbocycles. The minimum absolute atomic E-state index is 0.341. The molecule has 138 valence electrons. The average Bonchev–Trinajstić information content (AvgIpc) is 2.69. The summed E-state index contributed by atoms with van der Waals surface area (Å²) in [5.41, 5.74) is 1.33. The highest BCUT2D eigenvalue weighted by molar-refractivity contribution is 5.76. The number of amides is 1. The Kier molecular flexibility index (Phi) is 6.88. The minimum atomic E-state index is 0.341. The topological polar surface area (TPSA) is 32.8 Å². The Morgan fingerprint density at radius 2 is 1.80 bits per heavy atom. The molecule has 2 aliphatic heterocycles. The molecular weight excluding hydrogens is 312 g/mol. The second-order valence-electron chi connectivity index (χ2n) is 7.45. The van der Waals surface area contributed by atoms with E-state index in [-0.39, 0.29) is 0 Å². The second-order valence-corrected chi connectivity index (χ2v) is 7.45. The van der Waals surface area contributed by atoms with Crippen molar-refractivity contribution in [1.29, 1.82) is 0 Å². The highest BCUT2D eigenvalue weighted by Gasteiger charge is 2.29. The first-order valence-corrected chi connectivity index (χ1v) is 9.87. The van der Waals surface area contributed by atoms with Gasteiger partial charge < -0.3 is 9.64 Å². The number of rotatable bonds is 6. The van der Waals surface area contributed by atoms with E-state index in [0.717, 1.165) is 65.1 Å². The number of carbonyl (C=O) groups is 1. The molecule has 1 atom stereocenters. The van der Waals surface area contributed by atoms with E-state index in [1.54, 1.807) is 0 Å². The zero-order valence-corrected chi connectivity index (χ0v) is 15.5. The summed E-state index contributed by atoms with van der Waals surface area (Å²) in [5, 5.41) is 0. The predicted molar refractivity (Wildman–Crippen MR) is 101 cm³/mol. The molecule has 25 heavy (non-hydrogen) atoms. The van der Waals surface area contributed by atoms with Crippen molar-refractivity contribution in [3.05, 3.63) is 35.9 Å². The molecule has 0 saturated carbocycles. The lowest BCUT2D eigenvalue weighted by Crippen LogP contribution is -2.49. The molecule has 4 nitrogen and oxygen atoms in total. The molecule has 3 rings (SSSR count). The van der Waals surface area contributed by atoms with Gasteiger partial charge in [-0.3, -0.25) is 9.69 Å². The number of aryl methyl sites for hydroxylation is 1. The van der Waals surface area contributed by atoms with E-state index >= 15 is 0 Å².